The van der Waals surface area contributed by atoms with Crippen LogP contribution in [0.25, 0.3) is 0 Å². The average Bonchev–Trinajstić information content (AvgIpc) is 0.829. The number of aliphatic hydroxyl groups excluding tert-OH is 5. The topological polar surface area (TPSA) is 175 Å². The molecule has 1 aliphatic heterocycles. The van der Waals surface area contributed by atoms with Crippen LogP contribution in [0.4, 0.5) is 0 Å². The van der Waals surface area contributed by atoms with E-state index < -0.39 is 67.4 Å². The Morgan fingerprint density at radius 1 is 0.411 bits per heavy atom. The fourth-order valence-corrected chi connectivity index (χ4v) is 13.0. The lowest BCUT2D eigenvalue weighted by atomic mass is 9.99. The van der Waals surface area contributed by atoms with Gasteiger partial charge in [-0.2, -0.15) is 0 Å². The standard InChI is InChI=1S/C84H155NO10/c1-4-7-10-13-16-19-22-25-27-29-31-33-35-37-39-41-43-45-47-49-51-54-57-60-63-66-69-72-79(89)95-82-81(91)80(90)78(73-86)94-84(82)93-74-75(76(87)70-67-64-61-58-55-52-24-21-18-15-12-9-6-3)85-83(92)77(88)71-68-65-62-59-56-53-50-48-46-44-42-40-38-36-34-32-30-28-26-23-20-17-14-11-8-5-2/h17,20,26,28,32,34,38,40,67,70,75-78,80-82,84,86-88,90-91H,4-16,18-19,21-25,27,29-31,33,35-37,39,41-66,68-69,71-74H2,1-3H3,(H,85,92)/b20-17-,28-26-,34-32-,40-38-,70-67+. The molecule has 1 saturated heterocycles. The molecule has 95 heavy (non-hydrogen) atoms. The fourth-order valence-electron chi connectivity index (χ4n) is 13.0. The summed E-state index contributed by atoms with van der Waals surface area (Å²) >= 11 is 0. The molecule has 0 saturated carbocycles. The summed E-state index contributed by atoms with van der Waals surface area (Å²) in [5.74, 6) is -1.18. The Kier molecular flexibility index (Phi) is 67.7. The third-order valence-corrected chi connectivity index (χ3v) is 19.4. The minimum absolute atomic E-state index is 0.128. The van der Waals surface area contributed by atoms with E-state index in [-0.39, 0.29) is 19.4 Å². The molecule has 0 spiro atoms. The molecule has 0 bridgehead atoms. The maximum absolute atomic E-state index is 13.5. The van der Waals surface area contributed by atoms with Gasteiger partial charge in [-0.05, 0) is 70.6 Å². The SMILES string of the molecule is CCCCC/C=C\C/C=C\C/C=C\C/C=C\CCCCCCCCCCCCC(O)C(=O)NC(COC1OC(CO)C(O)C(O)C1OC(=O)CCCCCCCCCCCCCCCCCCCCCCCCCCCCC)C(O)/C=C/CCCCCCCCCCCCC. The molecule has 0 aliphatic carbocycles. The number of amides is 1. The highest BCUT2D eigenvalue weighted by molar-refractivity contribution is 5.80. The van der Waals surface area contributed by atoms with Crippen molar-refractivity contribution in [1.82, 2.24) is 5.32 Å². The predicted octanol–water partition coefficient (Wildman–Crippen LogP) is 22.4. The number of nitrogens with one attached hydrogen (secondary N) is 1. The number of allylic oxidation sites excluding steroid dienone is 9. The Hall–Kier alpha value is -2.64. The highest BCUT2D eigenvalue weighted by atomic mass is 16.7. The highest BCUT2D eigenvalue weighted by Gasteiger charge is 2.47. The van der Waals surface area contributed by atoms with Gasteiger partial charge in [-0.3, -0.25) is 9.59 Å². The summed E-state index contributed by atoms with van der Waals surface area (Å²) in [7, 11) is 0. The molecule has 8 atom stereocenters. The molecule has 8 unspecified atom stereocenters. The molecule has 1 rings (SSSR count). The van der Waals surface area contributed by atoms with Crippen molar-refractivity contribution >= 4 is 11.9 Å². The van der Waals surface area contributed by atoms with Crippen molar-refractivity contribution < 1.29 is 49.3 Å². The van der Waals surface area contributed by atoms with E-state index in [1.807, 2.05) is 6.08 Å². The van der Waals surface area contributed by atoms with Crippen LogP contribution in [0.3, 0.4) is 0 Å². The van der Waals surface area contributed by atoms with Gasteiger partial charge >= 0.3 is 5.97 Å². The van der Waals surface area contributed by atoms with Gasteiger partial charge in [0, 0.05) is 6.42 Å². The summed E-state index contributed by atoms with van der Waals surface area (Å²) in [4.78, 5) is 26.8. The summed E-state index contributed by atoms with van der Waals surface area (Å²) in [6.45, 7) is 5.84. The van der Waals surface area contributed by atoms with Gasteiger partial charge < -0.3 is 45.1 Å². The van der Waals surface area contributed by atoms with Crippen LogP contribution in [0.2, 0.25) is 0 Å². The quantitative estimate of drug-likeness (QED) is 0.0195. The smallest absolute Gasteiger partial charge is 0.306 e. The van der Waals surface area contributed by atoms with Gasteiger partial charge in [-0.1, -0.05) is 383 Å². The molecular formula is C84H155NO10. The predicted molar refractivity (Wildman–Crippen MR) is 403 cm³/mol. The molecule has 6 N–H and O–H groups in total. The molecule has 1 fully saturated rings. The molecule has 0 aromatic heterocycles. The van der Waals surface area contributed by atoms with Crippen molar-refractivity contribution in [1.29, 1.82) is 0 Å². The number of carbonyl (C=O) groups is 2. The molecule has 0 radical (unpaired) electrons. The molecule has 0 aromatic carbocycles. The third-order valence-electron chi connectivity index (χ3n) is 19.4. The Morgan fingerprint density at radius 2 is 0.726 bits per heavy atom. The maximum Gasteiger partial charge on any atom is 0.306 e. The van der Waals surface area contributed by atoms with E-state index in [0.29, 0.717) is 12.8 Å². The first-order valence-corrected chi connectivity index (χ1v) is 41.1. The van der Waals surface area contributed by atoms with E-state index in [1.165, 1.54) is 270 Å². The molecule has 556 valence electrons. The van der Waals surface area contributed by atoms with E-state index in [9.17, 15) is 35.1 Å². The second kappa shape index (κ2) is 71.2. The number of esters is 1. The Balaban J connectivity index is 2.49. The number of unbranched alkanes of at least 4 members (excludes halogenated alkanes) is 50. The van der Waals surface area contributed by atoms with Gasteiger partial charge in [0.25, 0.3) is 0 Å². The number of aliphatic hydroxyl groups is 5. The first-order chi connectivity index (χ1) is 46.7. The largest absolute Gasteiger partial charge is 0.454 e. The van der Waals surface area contributed by atoms with Crippen LogP contribution in [-0.2, 0) is 23.8 Å². The van der Waals surface area contributed by atoms with E-state index >= 15 is 0 Å². The first kappa shape index (κ1) is 90.4. The zero-order valence-electron chi connectivity index (χ0n) is 62.3. The van der Waals surface area contributed by atoms with Crippen molar-refractivity contribution in [3.8, 4) is 0 Å². The van der Waals surface area contributed by atoms with Crippen molar-refractivity contribution in [3.63, 3.8) is 0 Å². The average molecular weight is 1340 g/mol. The van der Waals surface area contributed by atoms with Crippen LogP contribution in [0, 0.1) is 0 Å². The summed E-state index contributed by atoms with van der Waals surface area (Å²) in [5.41, 5.74) is 0. The summed E-state index contributed by atoms with van der Waals surface area (Å²) in [6.07, 6.45) is 82.8. The van der Waals surface area contributed by atoms with E-state index in [4.69, 9.17) is 14.2 Å². The summed E-state index contributed by atoms with van der Waals surface area (Å²) in [6, 6.07) is -1.03. The normalized spacial score (nSPS) is 18.0. The van der Waals surface area contributed by atoms with Crippen LogP contribution in [0.1, 0.15) is 400 Å². The second-order valence-electron chi connectivity index (χ2n) is 28.5. The minimum Gasteiger partial charge on any atom is -0.454 e. The Morgan fingerprint density at radius 3 is 1.11 bits per heavy atom. The van der Waals surface area contributed by atoms with Gasteiger partial charge in [0.2, 0.25) is 5.91 Å². The van der Waals surface area contributed by atoms with Crippen LogP contribution in [-0.4, -0.2) is 99.6 Å². The second-order valence-corrected chi connectivity index (χ2v) is 28.5. The molecule has 11 nitrogen and oxygen atoms in total. The van der Waals surface area contributed by atoms with Crippen molar-refractivity contribution in [2.45, 2.75) is 449 Å². The third kappa shape index (κ3) is 57.8. The number of hydrogen-bond donors (Lipinski definition) is 6. The van der Waals surface area contributed by atoms with Crippen LogP contribution >= 0.6 is 0 Å². The van der Waals surface area contributed by atoms with Crippen molar-refractivity contribution in [2.24, 2.45) is 0 Å². The molecule has 1 heterocycles. The van der Waals surface area contributed by atoms with Gasteiger partial charge in [0.15, 0.2) is 12.4 Å². The lowest BCUT2D eigenvalue weighted by Gasteiger charge is -2.41. The highest BCUT2D eigenvalue weighted by Crippen LogP contribution is 2.27. The molecule has 1 aliphatic rings. The lowest BCUT2D eigenvalue weighted by molar-refractivity contribution is -0.305. The van der Waals surface area contributed by atoms with E-state index in [2.05, 4.69) is 74.7 Å². The van der Waals surface area contributed by atoms with Crippen LogP contribution < -0.4 is 5.32 Å². The van der Waals surface area contributed by atoms with Gasteiger partial charge in [0.05, 0.1) is 25.4 Å². The Labute approximate surface area is 586 Å². The Bertz CT molecular complexity index is 1780. The molecule has 11 heteroatoms. The number of rotatable bonds is 72. The summed E-state index contributed by atoms with van der Waals surface area (Å²) < 4.78 is 17.8. The number of carbonyl (C=O) groups excluding carboxylic acids is 2. The van der Waals surface area contributed by atoms with Gasteiger partial charge in [-0.15, -0.1) is 0 Å². The zero-order chi connectivity index (χ0) is 68.8. The van der Waals surface area contributed by atoms with Gasteiger partial charge in [0.1, 0.15) is 24.4 Å². The number of ether oxygens (including phenoxy) is 3. The van der Waals surface area contributed by atoms with Crippen molar-refractivity contribution in [2.75, 3.05) is 13.2 Å². The molecular weight excluding hydrogens is 1180 g/mol. The first-order valence-electron chi connectivity index (χ1n) is 41.1. The summed E-state index contributed by atoms with van der Waals surface area (Å²) in [5, 5.41) is 57.5. The van der Waals surface area contributed by atoms with Crippen LogP contribution in [0.15, 0.2) is 60.8 Å². The fraction of sp³-hybridized carbons (Fsp3) is 0.857. The van der Waals surface area contributed by atoms with Crippen molar-refractivity contribution in [3.05, 3.63) is 60.8 Å². The maximum atomic E-state index is 13.5. The van der Waals surface area contributed by atoms with E-state index in [0.717, 1.165) is 83.5 Å². The lowest BCUT2D eigenvalue weighted by Crippen LogP contribution is -2.61. The van der Waals surface area contributed by atoms with Crippen LogP contribution in [0.5, 0.6) is 0 Å². The molecule has 0 aromatic rings. The molecule has 1 amide bonds. The number of hydrogen-bond acceptors (Lipinski definition) is 10. The van der Waals surface area contributed by atoms with Gasteiger partial charge in [-0.25, -0.2) is 0 Å². The van der Waals surface area contributed by atoms with E-state index in [1.54, 1.807) is 6.08 Å². The monoisotopic (exact) mass is 1340 g/mol. The minimum atomic E-state index is -1.61. The zero-order valence-corrected chi connectivity index (χ0v) is 62.3.